The van der Waals surface area contributed by atoms with Gasteiger partial charge in [0.2, 0.25) is 0 Å². The van der Waals surface area contributed by atoms with Crippen molar-refractivity contribution in [2.24, 2.45) is 0 Å². The molecule has 5 nitrogen and oxygen atoms in total. The fourth-order valence-corrected chi connectivity index (χ4v) is 3.18. The van der Waals surface area contributed by atoms with Gasteiger partial charge in [0.1, 0.15) is 11.3 Å². The molecule has 0 atom stereocenters. The SMILES string of the molecule is c1cc(Nc2ccc3nccnc3n2)cc(N2CCCCCC2)c1. The first kappa shape index (κ1) is 14.9. The third-order valence-corrected chi connectivity index (χ3v) is 4.42. The summed E-state index contributed by atoms with van der Waals surface area (Å²) in [6.45, 7) is 2.29. The summed E-state index contributed by atoms with van der Waals surface area (Å²) < 4.78 is 0. The average Bonchev–Trinajstić information content (AvgIpc) is 2.91. The number of nitrogens with zero attached hydrogens (tertiary/aromatic N) is 4. The zero-order valence-electron chi connectivity index (χ0n) is 13.7. The molecule has 1 aliphatic rings. The number of hydrogen-bond donors (Lipinski definition) is 1. The maximum absolute atomic E-state index is 4.53. The van der Waals surface area contributed by atoms with E-state index in [1.165, 1.54) is 31.4 Å². The molecule has 0 amide bonds. The van der Waals surface area contributed by atoms with Gasteiger partial charge in [0, 0.05) is 36.9 Å². The van der Waals surface area contributed by atoms with Gasteiger partial charge >= 0.3 is 0 Å². The van der Waals surface area contributed by atoms with Crippen LogP contribution in [0.4, 0.5) is 17.2 Å². The molecule has 2 aromatic heterocycles. The van der Waals surface area contributed by atoms with Crippen LogP contribution in [0.15, 0.2) is 48.8 Å². The van der Waals surface area contributed by atoms with E-state index < -0.39 is 0 Å². The third kappa shape index (κ3) is 3.30. The summed E-state index contributed by atoms with van der Waals surface area (Å²) >= 11 is 0. The largest absolute Gasteiger partial charge is 0.371 e. The van der Waals surface area contributed by atoms with Crippen molar-refractivity contribution in [3.05, 3.63) is 48.8 Å². The van der Waals surface area contributed by atoms with E-state index in [1.807, 2.05) is 12.1 Å². The molecular formula is C19H21N5. The van der Waals surface area contributed by atoms with E-state index in [0.29, 0.717) is 5.65 Å². The van der Waals surface area contributed by atoms with Gasteiger partial charge in [-0.05, 0) is 43.2 Å². The Bertz CT molecular complexity index is 825. The van der Waals surface area contributed by atoms with Crippen molar-refractivity contribution in [3.8, 4) is 0 Å². The Kier molecular flexibility index (Phi) is 4.23. The molecule has 4 rings (SSSR count). The molecule has 1 N–H and O–H groups in total. The van der Waals surface area contributed by atoms with Crippen molar-refractivity contribution >= 4 is 28.4 Å². The first-order valence-corrected chi connectivity index (χ1v) is 8.58. The fraction of sp³-hybridized carbons (Fsp3) is 0.316. The Hall–Kier alpha value is -2.69. The van der Waals surface area contributed by atoms with Crippen LogP contribution < -0.4 is 10.2 Å². The highest BCUT2D eigenvalue weighted by Crippen LogP contribution is 2.24. The van der Waals surface area contributed by atoms with Crippen LogP contribution in [0, 0.1) is 0 Å². The summed E-state index contributed by atoms with van der Waals surface area (Å²) in [5, 5.41) is 3.39. The van der Waals surface area contributed by atoms with Crippen LogP contribution in [0.25, 0.3) is 11.2 Å². The minimum absolute atomic E-state index is 0.658. The molecule has 0 saturated carbocycles. The van der Waals surface area contributed by atoms with E-state index in [4.69, 9.17) is 0 Å². The normalized spacial score (nSPS) is 15.2. The van der Waals surface area contributed by atoms with Crippen LogP contribution in [0.2, 0.25) is 0 Å². The Balaban J connectivity index is 1.56. The number of rotatable bonds is 3. The van der Waals surface area contributed by atoms with Gasteiger partial charge in [0.05, 0.1) is 0 Å². The molecule has 1 fully saturated rings. The monoisotopic (exact) mass is 319 g/mol. The second-order valence-corrected chi connectivity index (χ2v) is 6.17. The lowest BCUT2D eigenvalue weighted by atomic mass is 10.2. The molecule has 1 aromatic carbocycles. The van der Waals surface area contributed by atoms with E-state index in [0.717, 1.165) is 30.1 Å². The molecular weight excluding hydrogens is 298 g/mol. The van der Waals surface area contributed by atoms with Gasteiger partial charge in [0.25, 0.3) is 0 Å². The molecule has 122 valence electrons. The van der Waals surface area contributed by atoms with Gasteiger partial charge < -0.3 is 10.2 Å². The number of benzene rings is 1. The summed E-state index contributed by atoms with van der Waals surface area (Å²) in [6, 6.07) is 12.4. The van der Waals surface area contributed by atoms with E-state index in [2.05, 4.69) is 49.4 Å². The Morgan fingerprint density at radius 1 is 0.875 bits per heavy atom. The number of hydrogen-bond acceptors (Lipinski definition) is 5. The number of aromatic nitrogens is 3. The predicted octanol–water partition coefficient (Wildman–Crippen LogP) is 4.15. The average molecular weight is 319 g/mol. The number of nitrogens with one attached hydrogen (secondary N) is 1. The van der Waals surface area contributed by atoms with Gasteiger partial charge in [-0.15, -0.1) is 0 Å². The molecule has 0 spiro atoms. The molecule has 1 saturated heterocycles. The lowest BCUT2D eigenvalue weighted by Gasteiger charge is -2.23. The molecule has 0 bridgehead atoms. The number of fused-ring (bicyclic) bond motifs is 1. The smallest absolute Gasteiger partial charge is 0.180 e. The van der Waals surface area contributed by atoms with Crippen LogP contribution in [0.3, 0.4) is 0 Å². The van der Waals surface area contributed by atoms with Crippen LogP contribution in [-0.4, -0.2) is 28.0 Å². The van der Waals surface area contributed by atoms with Crippen LogP contribution in [-0.2, 0) is 0 Å². The highest BCUT2D eigenvalue weighted by Gasteiger charge is 2.10. The first-order chi connectivity index (χ1) is 11.9. The van der Waals surface area contributed by atoms with E-state index in [-0.39, 0.29) is 0 Å². The lowest BCUT2D eigenvalue weighted by Crippen LogP contribution is -2.23. The summed E-state index contributed by atoms with van der Waals surface area (Å²) in [5.74, 6) is 0.788. The first-order valence-electron chi connectivity index (χ1n) is 8.58. The van der Waals surface area contributed by atoms with Gasteiger partial charge in [-0.1, -0.05) is 18.9 Å². The van der Waals surface area contributed by atoms with Crippen molar-refractivity contribution in [3.63, 3.8) is 0 Å². The van der Waals surface area contributed by atoms with Crippen molar-refractivity contribution in [1.82, 2.24) is 15.0 Å². The lowest BCUT2D eigenvalue weighted by molar-refractivity contribution is 0.726. The Labute approximate surface area is 141 Å². The molecule has 5 heteroatoms. The maximum atomic E-state index is 4.53. The topological polar surface area (TPSA) is 53.9 Å². The van der Waals surface area contributed by atoms with Gasteiger partial charge in [-0.2, -0.15) is 0 Å². The van der Waals surface area contributed by atoms with E-state index in [1.54, 1.807) is 12.4 Å². The molecule has 24 heavy (non-hydrogen) atoms. The van der Waals surface area contributed by atoms with E-state index in [9.17, 15) is 0 Å². The summed E-state index contributed by atoms with van der Waals surface area (Å²) in [6.07, 6.45) is 8.60. The van der Waals surface area contributed by atoms with Crippen LogP contribution in [0.5, 0.6) is 0 Å². The fourth-order valence-electron chi connectivity index (χ4n) is 3.18. The van der Waals surface area contributed by atoms with Crippen molar-refractivity contribution in [1.29, 1.82) is 0 Å². The van der Waals surface area contributed by atoms with Crippen LogP contribution in [0.1, 0.15) is 25.7 Å². The molecule has 0 radical (unpaired) electrons. The van der Waals surface area contributed by atoms with Gasteiger partial charge in [0.15, 0.2) is 5.65 Å². The molecule has 3 heterocycles. The second-order valence-electron chi connectivity index (χ2n) is 6.17. The Morgan fingerprint density at radius 3 is 2.58 bits per heavy atom. The number of anilines is 3. The summed E-state index contributed by atoms with van der Waals surface area (Å²) in [4.78, 5) is 15.5. The van der Waals surface area contributed by atoms with E-state index >= 15 is 0 Å². The highest BCUT2D eigenvalue weighted by atomic mass is 15.1. The van der Waals surface area contributed by atoms with Gasteiger partial charge in [-0.3, -0.25) is 4.98 Å². The predicted molar refractivity (Wildman–Crippen MR) is 97.7 cm³/mol. The summed E-state index contributed by atoms with van der Waals surface area (Å²) in [7, 11) is 0. The molecule has 0 unspecified atom stereocenters. The van der Waals surface area contributed by atoms with Crippen molar-refractivity contribution in [2.45, 2.75) is 25.7 Å². The molecule has 0 aliphatic carbocycles. The number of pyridine rings is 1. The van der Waals surface area contributed by atoms with Crippen LogP contribution >= 0.6 is 0 Å². The quantitative estimate of drug-likeness (QED) is 0.786. The third-order valence-electron chi connectivity index (χ3n) is 4.42. The maximum Gasteiger partial charge on any atom is 0.180 e. The zero-order chi connectivity index (χ0) is 16.2. The minimum atomic E-state index is 0.658. The molecule has 3 aromatic rings. The second kappa shape index (κ2) is 6.83. The minimum Gasteiger partial charge on any atom is -0.371 e. The molecule has 1 aliphatic heterocycles. The van der Waals surface area contributed by atoms with Crippen molar-refractivity contribution in [2.75, 3.05) is 23.3 Å². The van der Waals surface area contributed by atoms with Gasteiger partial charge in [-0.25, -0.2) is 9.97 Å². The summed E-state index contributed by atoms with van der Waals surface area (Å²) in [5.41, 5.74) is 3.79. The highest BCUT2D eigenvalue weighted by molar-refractivity contribution is 5.73. The Morgan fingerprint density at radius 2 is 1.71 bits per heavy atom. The zero-order valence-corrected chi connectivity index (χ0v) is 13.7. The van der Waals surface area contributed by atoms with Crippen molar-refractivity contribution < 1.29 is 0 Å². The standard InChI is InChI=1S/C19H21N5/c1-2-4-13-24(12-3-1)16-7-5-6-15(14-16)22-18-9-8-17-19(23-18)21-11-10-20-17/h5-11,14H,1-4,12-13H2,(H,21,22,23).